The molecule has 2 atom stereocenters. The van der Waals surface area contributed by atoms with Crippen LogP contribution in [-0.4, -0.2) is 30.9 Å². The van der Waals surface area contributed by atoms with Crippen molar-refractivity contribution < 1.29 is 9.72 Å². The Morgan fingerprint density at radius 1 is 1.03 bits per heavy atom. The summed E-state index contributed by atoms with van der Waals surface area (Å²) in [7, 11) is 0. The van der Waals surface area contributed by atoms with Gasteiger partial charge in [0.2, 0.25) is 0 Å². The van der Waals surface area contributed by atoms with Gasteiger partial charge in [-0.05, 0) is 34.1 Å². The van der Waals surface area contributed by atoms with Crippen molar-refractivity contribution in [3.63, 3.8) is 0 Å². The zero-order valence-electron chi connectivity index (χ0n) is 15.3. The van der Waals surface area contributed by atoms with Crippen molar-refractivity contribution in [3.05, 3.63) is 99.6 Å². The lowest BCUT2D eigenvalue weighted by Crippen LogP contribution is -2.30. The van der Waals surface area contributed by atoms with Gasteiger partial charge >= 0.3 is 5.95 Å². The molecular weight excluding hydrogens is 370 g/mol. The first-order valence-corrected chi connectivity index (χ1v) is 9.08. The molecule has 8 heteroatoms. The Hall–Kier alpha value is -3.94. The highest BCUT2D eigenvalue weighted by atomic mass is 16.6. The van der Waals surface area contributed by atoms with E-state index < -0.39 is 16.9 Å². The van der Waals surface area contributed by atoms with Crippen molar-refractivity contribution in [2.45, 2.75) is 18.4 Å². The van der Waals surface area contributed by atoms with E-state index in [1.165, 1.54) is 0 Å². The van der Waals surface area contributed by atoms with Crippen LogP contribution in [0, 0.1) is 10.1 Å². The third-order valence-electron chi connectivity index (χ3n) is 4.80. The van der Waals surface area contributed by atoms with Gasteiger partial charge < -0.3 is 10.1 Å². The lowest BCUT2D eigenvalue weighted by molar-refractivity contribution is -0.394. The Labute approximate surface area is 166 Å². The second-order valence-electron chi connectivity index (χ2n) is 6.70. The van der Waals surface area contributed by atoms with Crippen LogP contribution in [0.1, 0.15) is 29.5 Å². The van der Waals surface area contributed by atoms with E-state index in [4.69, 9.17) is 0 Å². The van der Waals surface area contributed by atoms with Crippen molar-refractivity contribution >= 4 is 17.8 Å². The second kappa shape index (κ2) is 7.97. The molecule has 4 rings (SSSR count). The summed E-state index contributed by atoms with van der Waals surface area (Å²) < 4.78 is 0. The number of rotatable bonds is 5. The van der Waals surface area contributed by atoms with E-state index in [2.05, 4.69) is 15.4 Å². The van der Waals surface area contributed by atoms with Crippen LogP contribution in [0.3, 0.4) is 0 Å². The number of aromatic nitrogens is 4. The Morgan fingerprint density at radius 2 is 1.72 bits per heavy atom. The number of benzene rings is 2. The van der Waals surface area contributed by atoms with Crippen LogP contribution in [0.5, 0.6) is 0 Å². The molecule has 0 bridgehead atoms. The smallest absolute Gasteiger partial charge is 0.390 e. The molecule has 29 heavy (non-hydrogen) atoms. The molecule has 0 N–H and O–H groups in total. The van der Waals surface area contributed by atoms with Crippen molar-refractivity contribution in [1.29, 1.82) is 0 Å². The first-order valence-electron chi connectivity index (χ1n) is 9.08. The van der Waals surface area contributed by atoms with Crippen LogP contribution in [0.4, 0.5) is 5.95 Å². The Bertz CT molecular complexity index is 1090. The number of carbonyl (C=O) groups is 1. The molecule has 1 heterocycles. The normalized spacial score (nSPS) is 19.3. The summed E-state index contributed by atoms with van der Waals surface area (Å²) in [5.74, 6) is -1.11. The Kier molecular flexibility index (Phi) is 5.07. The Morgan fingerprint density at radius 3 is 2.38 bits per heavy atom. The third kappa shape index (κ3) is 4.01. The molecule has 1 aromatic heterocycles. The molecule has 1 aliphatic carbocycles. The molecular formula is C21H17N5O3. The number of allylic oxidation sites excluding steroid dienone is 3. The molecule has 144 valence electrons. The number of tetrazole rings is 1. The van der Waals surface area contributed by atoms with Gasteiger partial charge in [0, 0.05) is 11.1 Å². The van der Waals surface area contributed by atoms with Crippen LogP contribution in [-0.2, 0) is 4.79 Å². The minimum absolute atomic E-state index is 0.217. The van der Waals surface area contributed by atoms with Crippen LogP contribution >= 0.6 is 0 Å². The Balaban J connectivity index is 1.70. The maximum atomic E-state index is 13.0. The van der Waals surface area contributed by atoms with Gasteiger partial charge in [-0.2, -0.15) is 0 Å². The summed E-state index contributed by atoms with van der Waals surface area (Å²) in [5.41, 5.74) is 2.84. The van der Waals surface area contributed by atoms with E-state index in [1.807, 2.05) is 72.8 Å². The fourth-order valence-electron chi connectivity index (χ4n) is 3.46. The molecule has 0 unspecified atom stereocenters. The summed E-state index contributed by atoms with van der Waals surface area (Å²) in [6.07, 6.45) is 6.01. The average molecular weight is 387 g/mol. The van der Waals surface area contributed by atoms with E-state index in [-0.39, 0.29) is 11.7 Å². The first-order chi connectivity index (χ1) is 14.1. The number of ketones is 1. The highest BCUT2D eigenvalue weighted by Crippen LogP contribution is 2.39. The number of nitrogens with zero attached hydrogens (tertiary/aromatic N) is 5. The van der Waals surface area contributed by atoms with Gasteiger partial charge in [0.1, 0.15) is 0 Å². The molecule has 0 aliphatic heterocycles. The molecule has 0 spiro atoms. The minimum atomic E-state index is -0.785. The van der Waals surface area contributed by atoms with Crippen LogP contribution in [0.2, 0.25) is 0 Å². The van der Waals surface area contributed by atoms with E-state index in [0.717, 1.165) is 21.5 Å². The molecule has 0 saturated carbocycles. The third-order valence-corrected chi connectivity index (χ3v) is 4.80. The van der Waals surface area contributed by atoms with Gasteiger partial charge in [-0.25, -0.2) is 0 Å². The molecule has 0 saturated heterocycles. The quantitative estimate of drug-likeness (QED) is 0.490. The standard InChI is InChI=1S/C21H17N5O3/c27-19-14-16(12-11-15-7-3-1-4-8-15)13-18(17-9-5-2-6-10-17)20(19)25-23-21(22-24-25)26(28)29/h1-12,14,18,20H,13H2/b12-11+/t18-,20-/m1/s1. The maximum absolute atomic E-state index is 13.0. The van der Waals surface area contributed by atoms with Crippen molar-refractivity contribution in [2.75, 3.05) is 0 Å². The zero-order chi connectivity index (χ0) is 20.2. The predicted octanol–water partition coefficient (Wildman–Crippen LogP) is 3.52. The fraction of sp³-hybridized carbons (Fsp3) is 0.143. The van der Waals surface area contributed by atoms with Crippen molar-refractivity contribution in [1.82, 2.24) is 20.2 Å². The summed E-state index contributed by atoms with van der Waals surface area (Å²) in [5, 5.41) is 21.9. The molecule has 2 aromatic carbocycles. The zero-order valence-corrected chi connectivity index (χ0v) is 15.3. The number of hydrogen-bond donors (Lipinski definition) is 0. The molecule has 0 fully saturated rings. The second-order valence-corrected chi connectivity index (χ2v) is 6.70. The summed E-state index contributed by atoms with van der Waals surface area (Å²) >= 11 is 0. The number of carbonyl (C=O) groups excluding carboxylic acids is 1. The van der Waals surface area contributed by atoms with E-state index in [0.29, 0.717) is 6.42 Å². The summed E-state index contributed by atoms with van der Waals surface area (Å²) in [6.45, 7) is 0. The monoisotopic (exact) mass is 387 g/mol. The molecule has 8 nitrogen and oxygen atoms in total. The van der Waals surface area contributed by atoms with Crippen molar-refractivity contribution in [2.24, 2.45) is 0 Å². The predicted molar refractivity (Wildman–Crippen MR) is 106 cm³/mol. The highest BCUT2D eigenvalue weighted by molar-refractivity contribution is 5.96. The summed E-state index contributed by atoms with van der Waals surface area (Å²) in [4.78, 5) is 24.2. The van der Waals surface area contributed by atoms with E-state index in [9.17, 15) is 14.9 Å². The number of nitro groups is 1. The minimum Gasteiger partial charge on any atom is -0.390 e. The van der Waals surface area contributed by atoms with E-state index in [1.54, 1.807) is 6.08 Å². The average Bonchev–Trinajstić information content (AvgIpc) is 3.23. The first kappa shape index (κ1) is 18.4. The van der Waals surface area contributed by atoms with Crippen LogP contribution < -0.4 is 0 Å². The van der Waals surface area contributed by atoms with Crippen LogP contribution in [0.25, 0.3) is 6.08 Å². The van der Waals surface area contributed by atoms with Gasteiger partial charge in [-0.15, -0.1) is 0 Å². The lowest BCUT2D eigenvalue weighted by Gasteiger charge is -2.27. The maximum Gasteiger partial charge on any atom is 0.514 e. The van der Waals surface area contributed by atoms with Crippen LogP contribution in [0.15, 0.2) is 78.4 Å². The van der Waals surface area contributed by atoms with Crippen molar-refractivity contribution in [3.8, 4) is 0 Å². The summed E-state index contributed by atoms with van der Waals surface area (Å²) in [6, 6.07) is 18.6. The molecule has 0 radical (unpaired) electrons. The SMILES string of the molecule is O=C1C=C(/C=C/c2ccccc2)C[C@H](c2ccccc2)[C@H]1n1nnc([N+](=O)[O-])n1. The largest absolute Gasteiger partial charge is 0.514 e. The van der Waals surface area contributed by atoms with E-state index >= 15 is 0 Å². The highest BCUT2D eigenvalue weighted by Gasteiger charge is 2.38. The van der Waals surface area contributed by atoms with Gasteiger partial charge in [0.15, 0.2) is 11.8 Å². The van der Waals surface area contributed by atoms with Gasteiger partial charge in [0.25, 0.3) is 0 Å². The van der Waals surface area contributed by atoms with Gasteiger partial charge in [-0.1, -0.05) is 77.6 Å². The molecule has 0 amide bonds. The number of hydrogen-bond acceptors (Lipinski definition) is 6. The lowest BCUT2D eigenvalue weighted by atomic mass is 9.79. The molecule has 1 aliphatic rings. The topological polar surface area (TPSA) is 104 Å². The van der Waals surface area contributed by atoms with Gasteiger partial charge in [0.05, 0.1) is 10.2 Å². The van der Waals surface area contributed by atoms with Gasteiger partial charge in [-0.3, -0.25) is 4.79 Å². The fourth-order valence-corrected chi connectivity index (χ4v) is 3.46. The molecule has 3 aromatic rings.